The molecule has 3 aromatic rings. The van der Waals surface area contributed by atoms with E-state index in [-0.39, 0.29) is 12.2 Å². The van der Waals surface area contributed by atoms with Crippen LogP contribution in [0.4, 0.5) is 0 Å². The van der Waals surface area contributed by atoms with Crippen LogP contribution in [-0.4, -0.2) is 29.7 Å². The number of thiazole rings is 1. The number of hydrogen-bond acceptors (Lipinski definition) is 8. The summed E-state index contributed by atoms with van der Waals surface area (Å²) in [5.74, 6) is 0.150. The third-order valence-electron chi connectivity index (χ3n) is 6.31. The van der Waals surface area contributed by atoms with Gasteiger partial charge < -0.3 is 14.2 Å². The molecular weight excluding hydrogens is 643 g/mol. The topological polar surface area (TPSA) is 96.2 Å². The number of benzene rings is 2. The number of aromatic nitrogens is 1. The maximum Gasteiger partial charge on any atom is 0.338 e. The molecule has 210 valence electrons. The highest BCUT2D eigenvalue weighted by molar-refractivity contribution is 14.1. The molecule has 1 aliphatic rings. The Labute approximate surface area is 250 Å². The smallest absolute Gasteiger partial charge is 0.338 e. The van der Waals surface area contributed by atoms with Gasteiger partial charge in [-0.3, -0.25) is 14.2 Å². The van der Waals surface area contributed by atoms with Gasteiger partial charge in [-0.15, -0.1) is 0 Å². The number of nitrogens with zero attached hydrogens (tertiary/aromatic N) is 2. The summed E-state index contributed by atoms with van der Waals surface area (Å²) in [6.45, 7) is 11.5. The van der Waals surface area contributed by atoms with Gasteiger partial charge in [-0.05, 0) is 84.2 Å². The van der Waals surface area contributed by atoms with E-state index in [1.54, 1.807) is 30.6 Å². The van der Waals surface area contributed by atoms with Gasteiger partial charge in [0.2, 0.25) is 0 Å². The van der Waals surface area contributed by atoms with Crippen molar-refractivity contribution < 1.29 is 23.8 Å². The second-order valence-corrected chi connectivity index (χ2v) is 11.7. The number of hydrogen-bond donors (Lipinski definition) is 0. The fourth-order valence-corrected chi connectivity index (χ4v) is 6.28. The minimum absolute atomic E-state index is 0.211. The van der Waals surface area contributed by atoms with Gasteiger partial charge in [-0.25, -0.2) is 9.79 Å². The van der Waals surface area contributed by atoms with E-state index in [1.165, 1.54) is 18.3 Å². The lowest BCUT2D eigenvalue weighted by Crippen LogP contribution is -2.39. The highest BCUT2D eigenvalue weighted by Gasteiger charge is 2.33. The molecule has 1 atom stereocenters. The van der Waals surface area contributed by atoms with E-state index in [0.717, 1.165) is 11.1 Å². The molecule has 1 aliphatic heterocycles. The van der Waals surface area contributed by atoms with Gasteiger partial charge in [-0.2, -0.15) is 0 Å². The molecule has 4 rings (SSSR count). The van der Waals surface area contributed by atoms with Gasteiger partial charge in [0.05, 0.1) is 38.6 Å². The first kappa shape index (κ1) is 29.7. The molecule has 2 aromatic carbocycles. The summed E-state index contributed by atoms with van der Waals surface area (Å²) in [6, 6.07) is 10.8. The maximum absolute atomic E-state index is 13.9. The van der Waals surface area contributed by atoms with Gasteiger partial charge in [-0.1, -0.05) is 49.4 Å². The van der Waals surface area contributed by atoms with Crippen molar-refractivity contribution in [2.75, 3.05) is 13.2 Å². The van der Waals surface area contributed by atoms with Crippen LogP contribution in [0.1, 0.15) is 70.2 Å². The quantitative estimate of drug-likeness (QED) is 0.193. The second kappa shape index (κ2) is 12.5. The average Bonchev–Trinajstić information content (AvgIpc) is 3.19. The number of rotatable bonds is 8. The summed E-state index contributed by atoms with van der Waals surface area (Å²) in [4.78, 5) is 43.8. The molecule has 0 bridgehead atoms. The van der Waals surface area contributed by atoms with Crippen LogP contribution in [0, 0.1) is 3.57 Å². The predicted molar refractivity (Wildman–Crippen MR) is 163 cm³/mol. The highest BCUT2D eigenvalue weighted by Crippen LogP contribution is 2.35. The molecule has 0 amide bonds. The number of fused-ring (bicyclic) bond motifs is 1. The van der Waals surface area contributed by atoms with Gasteiger partial charge >= 0.3 is 11.9 Å². The van der Waals surface area contributed by atoms with E-state index in [9.17, 15) is 14.4 Å². The normalized spacial score (nSPS) is 15.1. The maximum atomic E-state index is 13.9. The van der Waals surface area contributed by atoms with Crippen molar-refractivity contribution in [3.8, 4) is 11.5 Å². The summed E-state index contributed by atoms with van der Waals surface area (Å²) in [7, 11) is 0. The molecule has 40 heavy (non-hydrogen) atoms. The predicted octanol–water partition coefficient (Wildman–Crippen LogP) is 4.85. The molecule has 0 spiro atoms. The SMILES string of the molecule is CCOC(=O)C1=C(C)N=c2s/c(=C\c3cc(I)c(OC(C)=O)c(OCC)c3)c(=O)n2[C@H]1c1ccc(C(C)C)cc1. The Morgan fingerprint density at radius 2 is 1.85 bits per heavy atom. The summed E-state index contributed by atoms with van der Waals surface area (Å²) in [5.41, 5.74) is 3.25. The molecule has 8 nitrogen and oxygen atoms in total. The van der Waals surface area contributed by atoms with Crippen molar-refractivity contribution in [3.05, 3.63) is 87.6 Å². The largest absolute Gasteiger partial charge is 0.490 e. The lowest BCUT2D eigenvalue weighted by Gasteiger charge is -2.25. The molecule has 0 radical (unpaired) electrons. The van der Waals surface area contributed by atoms with E-state index in [1.807, 2.05) is 37.3 Å². The van der Waals surface area contributed by atoms with Crippen LogP contribution >= 0.6 is 33.9 Å². The third kappa shape index (κ3) is 6.07. The Kier molecular flexibility index (Phi) is 9.29. The van der Waals surface area contributed by atoms with Crippen LogP contribution in [-0.2, 0) is 14.3 Å². The average molecular weight is 675 g/mol. The number of allylic oxidation sites excluding steroid dienone is 1. The summed E-state index contributed by atoms with van der Waals surface area (Å²) in [6.07, 6.45) is 1.76. The molecule has 0 saturated heterocycles. The molecule has 2 heterocycles. The zero-order chi connectivity index (χ0) is 29.1. The minimum Gasteiger partial charge on any atom is -0.490 e. The van der Waals surface area contributed by atoms with Crippen molar-refractivity contribution in [2.45, 2.75) is 53.5 Å². The number of esters is 2. The van der Waals surface area contributed by atoms with E-state index >= 15 is 0 Å². The Bertz CT molecular complexity index is 1670. The molecule has 0 unspecified atom stereocenters. The standard InChI is InChI=1S/C30H31IN2O6S/c1-7-37-23-14-19(13-22(31)27(23)39-18(6)34)15-24-28(35)33-26(21-11-9-20(10-12-21)16(3)4)25(29(36)38-8-2)17(5)32-30(33)40-24/h9-16,26H,7-8H2,1-6H3/b24-15-/t26-/m0/s1. The van der Waals surface area contributed by atoms with Crippen molar-refractivity contribution in [2.24, 2.45) is 4.99 Å². The van der Waals surface area contributed by atoms with Crippen molar-refractivity contribution in [1.29, 1.82) is 0 Å². The minimum atomic E-state index is -0.677. The summed E-state index contributed by atoms with van der Waals surface area (Å²) >= 11 is 3.32. The third-order valence-corrected chi connectivity index (χ3v) is 8.10. The summed E-state index contributed by atoms with van der Waals surface area (Å²) in [5, 5.41) is 0. The van der Waals surface area contributed by atoms with Crippen molar-refractivity contribution in [1.82, 2.24) is 4.57 Å². The molecule has 0 fully saturated rings. The molecule has 1 aromatic heterocycles. The van der Waals surface area contributed by atoms with Crippen LogP contribution in [0.25, 0.3) is 6.08 Å². The van der Waals surface area contributed by atoms with E-state index in [2.05, 4.69) is 41.4 Å². The first-order valence-electron chi connectivity index (χ1n) is 13.0. The Morgan fingerprint density at radius 3 is 2.45 bits per heavy atom. The van der Waals surface area contributed by atoms with Crippen molar-refractivity contribution in [3.63, 3.8) is 0 Å². The first-order chi connectivity index (χ1) is 19.0. The highest BCUT2D eigenvalue weighted by atomic mass is 127. The molecule has 0 saturated carbocycles. The number of carbonyl (C=O) groups is 2. The monoisotopic (exact) mass is 674 g/mol. The van der Waals surface area contributed by atoms with E-state index < -0.39 is 18.0 Å². The second-order valence-electron chi connectivity index (χ2n) is 9.48. The van der Waals surface area contributed by atoms with Crippen LogP contribution in [0.15, 0.2) is 57.5 Å². The summed E-state index contributed by atoms with van der Waals surface area (Å²) < 4.78 is 19.2. The zero-order valence-corrected chi connectivity index (χ0v) is 26.2. The van der Waals surface area contributed by atoms with Gasteiger partial charge in [0, 0.05) is 6.92 Å². The van der Waals surface area contributed by atoms with Crippen LogP contribution in [0.2, 0.25) is 0 Å². The number of halogens is 1. The lowest BCUT2D eigenvalue weighted by atomic mass is 9.93. The van der Waals surface area contributed by atoms with Crippen LogP contribution in [0.3, 0.4) is 0 Å². The molecule has 10 heteroatoms. The van der Waals surface area contributed by atoms with Crippen LogP contribution < -0.4 is 24.4 Å². The molecule has 0 aliphatic carbocycles. The fourth-order valence-electron chi connectivity index (χ4n) is 4.50. The Hall–Kier alpha value is -3.25. The van der Waals surface area contributed by atoms with Gasteiger partial charge in [0.1, 0.15) is 0 Å². The Balaban J connectivity index is 1.91. The lowest BCUT2D eigenvalue weighted by molar-refractivity contribution is -0.139. The van der Waals surface area contributed by atoms with E-state index in [0.29, 0.717) is 53.8 Å². The van der Waals surface area contributed by atoms with Gasteiger partial charge in [0.15, 0.2) is 16.3 Å². The number of carbonyl (C=O) groups excluding carboxylic acids is 2. The Morgan fingerprint density at radius 1 is 1.15 bits per heavy atom. The fraction of sp³-hybridized carbons (Fsp3) is 0.333. The van der Waals surface area contributed by atoms with Gasteiger partial charge in [0.25, 0.3) is 5.56 Å². The van der Waals surface area contributed by atoms with Crippen molar-refractivity contribution >= 4 is 51.9 Å². The van der Waals surface area contributed by atoms with E-state index in [4.69, 9.17) is 14.2 Å². The zero-order valence-electron chi connectivity index (χ0n) is 23.2. The van der Waals surface area contributed by atoms with Crippen LogP contribution in [0.5, 0.6) is 11.5 Å². The molecular formula is C30H31IN2O6S. The first-order valence-corrected chi connectivity index (χ1v) is 14.9. The number of ether oxygens (including phenoxy) is 3. The molecule has 0 N–H and O–H groups in total.